The van der Waals surface area contributed by atoms with Gasteiger partial charge in [0.15, 0.2) is 0 Å². The third-order valence-corrected chi connectivity index (χ3v) is 5.73. The molecule has 0 spiro atoms. The SMILES string of the molecule is CC(C)Cc1ccc2c(ccc3c(-c4cc(C#N)c5ccccc5c4)nccc32)c1. The summed E-state index contributed by atoms with van der Waals surface area (Å²) in [6.45, 7) is 4.50. The van der Waals surface area contributed by atoms with Gasteiger partial charge in [-0.2, -0.15) is 5.26 Å². The number of hydrogen-bond acceptors (Lipinski definition) is 2. The Morgan fingerprint density at radius 1 is 0.800 bits per heavy atom. The largest absolute Gasteiger partial charge is 0.256 e. The Hall–Kier alpha value is -3.70. The molecule has 0 saturated carbocycles. The molecule has 0 aliphatic rings. The van der Waals surface area contributed by atoms with Crippen LogP contribution in [0.3, 0.4) is 0 Å². The summed E-state index contributed by atoms with van der Waals surface area (Å²) in [6, 6.07) is 27.7. The summed E-state index contributed by atoms with van der Waals surface area (Å²) >= 11 is 0. The number of nitriles is 1. The predicted molar refractivity (Wildman–Crippen MR) is 125 cm³/mol. The minimum Gasteiger partial charge on any atom is -0.256 e. The van der Waals surface area contributed by atoms with Crippen molar-refractivity contribution >= 4 is 32.3 Å². The maximum atomic E-state index is 9.68. The number of aromatic nitrogens is 1. The van der Waals surface area contributed by atoms with Crippen molar-refractivity contribution in [2.45, 2.75) is 20.3 Å². The first-order valence-electron chi connectivity index (χ1n) is 10.4. The Morgan fingerprint density at radius 2 is 1.60 bits per heavy atom. The summed E-state index contributed by atoms with van der Waals surface area (Å²) in [7, 11) is 0. The van der Waals surface area contributed by atoms with Gasteiger partial charge < -0.3 is 0 Å². The Bertz CT molecular complexity index is 1460. The Labute approximate surface area is 176 Å². The van der Waals surface area contributed by atoms with Gasteiger partial charge in [0.1, 0.15) is 0 Å². The van der Waals surface area contributed by atoms with E-state index >= 15 is 0 Å². The van der Waals surface area contributed by atoms with Crippen molar-refractivity contribution in [3.05, 3.63) is 90.1 Å². The van der Waals surface area contributed by atoms with Gasteiger partial charge in [-0.15, -0.1) is 0 Å². The summed E-state index contributed by atoms with van der Waals surface area (Å²) < 4.78 is 0. The van der Waals surface area contributed by atoms with Gasteiger partial charge in [-0.3, -0.25) is 4.98 Å². The van der Waals surface area contributed by atoms with Crippen LogP contribution in [0.5, 0.6) is 0 Å². The first kappa shape index (κ1) is 18.3. The number of fused-ring (bicyclic) bond motifs is 4. The molecule has 5 aromatic rings. The van der Waals surface area contributed by atoms with Gasteiger partial charge in [0.2, 0.25) is 0 Å². The highest BCUT2D eigenvalue weighted by Crippen LogP contribution is 2.34. The maximum absolute atomic E-state index is 9.68. The van der Waals surface area contributed by atoms with Crippen molar-refractivity contribution in [3.8, 4) is 17.3 Å². The van der Waals surface area contributed by atoms with Crippen LogP contribution in [0.25, 0.3) is 43.6 Å². The molecular formula is C28H22N2. The lowest BCUT2D eigenvalue weighted by Gasteiger charge is -2.12. The minimum atomic E-state index is 0.640. The van der Waals surface area contributed by atoms with E-state index in [0.717, 1.165) is 33.8 Å². The molecule has 0 bridgehead atoms. The normalized spacial score (nSPS) is 11.4. The standard InChI is InChI=1S/C28H22N2/c1-18(2)13-19-7-9-25-21(14-19)8-10-27-26(25)11-12-30-28(27)22-15-20-5-3-4-6-24(20)23(16-22)17-29/h3-12,14-16,18H,13H2,1-2H3. The molecule has 0 radical (unpaired) electrons. The fourth-order valence-electron chi connectivity index (χ4n) is 4.41. The molecule has 2 heteroatoms. The Morgan fingerprint density at radius 3 is 2.43 bits per heavy atom. The highest BCUT2D eigenvalue weighted by molar-refractivity contribution is 6.11. The van der Waals surface area contributed by atoms with Crippen molar-refractivity contribution in [1.82, 2.24) is 4.98 Å². The second-order valence-electron chi connectivity index (χ2n) is 8.33. The second-order valence-corrected chi connectivity index (χ2v) is 8.33. The van der Waals surface area contributed by atoms with Gasteiger partial charge in [-0.25, -0.2) is 0 Å². The van der Waals surface area contributed by atoms with E-state index < -0.39 is 0 Å². The fourth-order valence-corrected chi connectivity index (χ4v) is 4.41. The molecule has 0 unspecified atom stereocenters. The average Bonchev–Trinajstić information content (AvgIpc) is 2.77. The number of hydrogen-bond donors (Lipinski definition) is 0. The highest BCUT2D eigenvalue weighted by atomic mass is 14.7. The van der Waals surface area contributed by atoms with Crippen LogP contribution in [0, 0.1) is 17.2 Å². The Kier molecular flexibility index (Phi) is 4.45. The van der Waals surface area contributed by atoms with E-state index in [1.807, 2.05) is 30.5 Å². The molecule has 0 fully saturated rings. The molecule has 0 atom stereocenters. The third-order valence-electron chi connectivity index (χ3n) is 5.73. The van der Waals surface area contributed by atoms with E-state index in [0.29, 0.717) is 11.5 Å². The predicted octanol–water partition coefficient (Wildman–Crippen LogP) is 7.28. The van der Waals surface area contributed by atoms with Gasteiger partial charge in [-0.1, -0.05) is 68.4 Å². The quantitative estimate of drug-likeness (QED) is 0.306. The van der Waals surface area contributed by atoms with E-state index in [-0.39, 0.29) is 0 Å². The molecule has 2 nitrogen and oxygen atoms in total. The fraction of sp³-hybridized carbons (Fsp3) is 0.143. The molecule has 0 N–H and O–H groups in total. The molecule has 4 aromatic carbocycles. The van der Waals surface area contributed by atoms with Crippen molar-refractivity contribution in [1.29, 1.82) is 5.26 Å². The van der Waals surface area contributed by atoms with Gasteiger partial charge in [-0.05, 0) is 63.0 Å². The maximum Gasteiger partial charge on any atom is 0.0998 e. The van der Waals surface area contributed by atoms with Crippen LogP contribution in [0.4, 0.5) is 0 Å². The zero-order valence-corrected chi connectivity index (χ0v) is 17.2. The summed E-state index contributed by atoms with van der Waals surface area (Å²) in [5, 5.41) is 16.5. The summed E-state index contributed by atoms with van der Waals surface area (Å²) in [4.78, 5) is 4.71. The van der Waals surface area contributed by atoms with Crippen molar-refractivity contribution in [2.24, 2.45) is 5.92 Å². The molecule has 30 heavy (non-hydrogen) atoms. The summed E-state index contributed by atoms with van der Waals surface area (Å²) in [6.07, 6.45) is 2.96. The number of benzene rings is 4. The molecule has 144 valence electrons. The summed E-state index contributed by atoms with van der Waals surface area (Å²) in [5.74, 6) is 0.640. The number of nitrogens with zero attached hydrogens (tertiary/aromatic N) is 2. The minimum absolute atomic E-state index is 0.640. The summed E-state index contributed by atoms with van der Waals surface area (Å²) in [5.41, 5.74) is 3.95. The highest BCUT2D eigenvalue weighted by Gasteiger charge is 2.11. The van der Waals surface area contributed by atoms with E-state index in [9.17, 15) is 5.26 Å². The lowest BCUT2D eigenvalue weighted by atomic mass is 9.94. The smallest absolute Gasteiger partial charge is 0.0998 e. The van der Waals surface area contributed by atoms with Crippen molar-refractivity contribution < 1.29 is 0 Å². The lowest BCUT2D eigenvalue weighted by molar-refractivity contribution is 0.648. The van der Waals surface area contributed by atoms with Crippen molar-refractivity contribution in [3.63, 3.8) is 0 Å². The number of pyridine rings is 1. The van der Waals surface area contributed by atoms with Crippen LogP contribution in [-0.4, -0.2) is 4.98 Å². The molecule has 0 amide bonds. The van der Waals surface area contributed by atoms with Crippen LogP contribution < -0.4 is 0 Å². The van der Waals surface area contributed by atoms with Crippen LogP contribution in [0.1, 0.15) is 25.0 Å². The van der Waals surface area contributed by atoms with Gasteiger partial charge in [0.25, 0.3) is 0 Å². The first-order valence-corrected chi connectivity index (χ1v) is 10.4. The molecular weight excluding hydrogens is 364 g/mol. The molecule has 1 heterocycles. The topological polar surface area (TPSA) is 36.7 Å². The Balaban J connectivity index is 1.74. The molecule has 1 aromatic heterocycles. The van der Waals surface area contributed by atoms with Gasteiger partial charge >= 0.3 is 0 Å². The van der Waals surface area contributed by atoms with E-state index in [2.05, 4.69) is 68.4 Å². The van der Waals surface area contributed by atoms with E-state index in [4.69, 9.17) is 4.98 Å². The lowest BCUT2D eigenvalue weighted by Crippen LogP contribution is -1.94. The monoisotopic (exact) mass is 386 g/mol. The first-order chi connectivity index (χ1) is 14.6. The molecule has 0 aliphatic heterocycles. The third kappa shape index (κ3) is 3.09. The second kappa shape index (κ2) is 7.28. The van der Waals surface area contributed by atoms with Gasteiger partial charge in [0, 0.05) is 17.1 Å². The van der Waals surface area contributed by atoms with Gasteiger partial charge in [0.05, 0.1) is 17.3 Å². The van der Waals surface area contributed by atoms with Crippen LogP contribution >= 0.6 is 0 Å². The van der Waals surface area contributed by atoms with Crippen molar-refractivity contribution in [2.75, 3.05) is 0 Å². The van der Waals surface area contributed by atoms with E-state index in [1.54, 1.807) is 0 Å². The van der Waals surface area contributed by atoms with Crippen LogP contribution in [-0.2, 0) is 6.42 Å². The molecule has 0 aliphatic carbocycles. The van der Waals surface area contributed by atoms with Crippen LogP contribution in [0.15, 0.2) is 79.0 Å². The average molecular weight is 386 g/mol. The number of rotatable bonds is 3. The molecule has 0 saturated heterocycles. The zero-order chi connectivity index (χ0) is 20.7. The van der Waals surface area contributed by atoms with E-state index in [1.165, 1.54) is 21.7 Å². The molecule has 5 rings (SSSR count). The zero-order valence-electron chi connectivity index (χ0n) is 17.2. The van der Waals surface area contributed by atoms with Crippen LogP contribution in [0.2, 0.25) is 0 Å².